The zero-order valence-corrected chi connectivity index (χ0v) is 16.6. The van der Waals surface area contributed by atoms with Gasteiger partial charge in [0.1, 0.15) is 6.04 Å². The van der Waals surface area contributed by atoms with Crippen LogP contribution in [0.4, 0.5) is 0 Å². The third-order valence-electron chi connectivity index (χ3n) is 4.79. The molecule has 8 heteroatoms. The van der Waals surface area contributed by atoms with Crippen LogP contribution in [0.1, 0.15) is 11.1 Å². The van der Waals surface area contributed by atoms with Crippen molar-refractivity contribution in [2.45, 2.75) is 24.2 Å². The topological polar surface area (TPSA) is 85.5 Å². The lowest BCUT2D eigenvalue weighted by Crippen LogP contribution is -2.49. The number of esters is 1. The minimum absolute atomic E-state index is 0.0894. The van der Waals surface area contributed by atoms with Gasteiger partial charge in [-0.2, -0.15) is 0 Å². The Balaban J connectivity index is 1.46. The van der Waals surface area contributed by atoms with Crippen molar-refractivity contribution in [1.29, 1.82) is 0 Å². The average molecular weight is 409 g/mol. The fourth-order valence-corrected chi connectivity index (χ4v) is 3.95. The first-order valence-corrected chi connectivity index (χ1v) is 10.1. The van der Waals surface area contributed by atoms with Crippen LogP contribution in [-0.2, 0) is 27.3 Å². The van der Waals surface area contributed by atoms with E-state index >= 15 is 0 Å². The molecule has 148 valence electrons. The minimum Gasteiger partial charge on any atom is -0.467 e. The number of methoxy groups -OCH3 is 1. The predicted octanol–water partition coefficient (Wildman–Crippen LogP) is 2.96. The van der Waals surface area contributed by atoms with Gasteiger partial charge in [-0.3, -0.25) is 4.79 Å². The van der Waals surface area contributed by atoms with Gasteiger partial charge >= 0.3 is 5.97 Å². The molecule has 0 saturated heterocycles. The number of benzene rings is 2. The first kappa shape index (κ1) is 19.2. The van der Waals surface area contributed by atoms with E-state index in [0.717, 1.165) is 28.5 Å². The second kappa shape index (κ2) is 8.48. The largest absolute Gasteiger partial charge is 0.467 e. The van der Waals surface area contributed by atoms with E-state index in [1.807, 2.05) is 54.6 Å². The summed E-state index contributed by atoms with van der Waals surface area (Å²) in [5.74, 6) is -0.104. The fraction of sp³-hybridized carbons (Fsp3) is 0.238. The third kappa shape index (κ3) is 4.17. The zero-order chi connectivity index (χ0) is 20.2. The van der Waals surface area contributed by atoms with Crippen LogP contribution in [0.5, 0.6) is 0 Å². The van der Waals surface area contributed by atoms with Gasteiger partial charge < -0.3 is 14.1 Å². The summed E-state index contributed by atoms with van der Waals surface area (Å²) in [5, 5.41) is 8.34. The quantitative estimate of drug-likeness (QED) is 0.473. The lowest BCUT2D eigenvalue weighted by atomic mass is 9.94. The van der Waals surface area contributed by atoms with Crippen LogP contribution in [0.25, 0.3) is 11.5 Å². The normalized spacial score (nSPS) is 15.6. The van der Waals surface area contributed by atoms with Crippen molar-refractivity contribution in [3.63, 3.8) is 0 Å². The molecule has 1 aliphatic heterocycles. The average Bonchev–Trinajstić information content (AvgIpc) is 3.25. The Morgan fingerprint density at radius 3 is 2.59 bits per heavy atom. The standard InChI is InChI=1S/C21H19N3O4S/c1-27-20(26)17-11-15-9-5-6-10-16(15)12-24(17)18(25)13-29-21-23-22-19(28-21)14-7-3-2-4-8-14/h2-10,17H,11-13H2,1H3/t17-/m1/s1. The number of amides is 1. The number of thioether (sulfide) groups is 1. The molecular formula is C21H19N3O4S. The summed E-state index contributed by atoms with van der Waals surface area (Å²) < 4.78 is 10.6. The minimum atomic E-state index is -0.634. The molecule has 1 aliphatic rings. The molecule has 2 heterocycles. The molecule has 0 N–H and O–H groups in total. The number of carbonyl (C=O) groups excluding carboxylic acids is 2. The summed E-state index contributed by atoms with van der Waals surface area (Å²) >= 11 is 1.16. The zero-order valence-electron chi connectivity index (χ0n) is 15.8. The number of aromatic nitrogens is 2. The number of carbonyl (C=O) groups is 2. The third-order valence-corrected chi connectivity index (χ3v) is 5.59. The molecule has 0 bridgehead atoms. The van der Waals surface area contributed by atoms with Gasteiger partial charge in [-0.25, -0.2) is 4.79 Å². The molecule has 0 unspecified atom stereocenters. The Hall–Kier alpha value is -3.13. The molecule has 0 spiro atoms. The van der Waals surface area contributed by atoms with Crippen LogP contribution in [0.3, 0.4) is 0 Å². The van der Waals surface area contributed by atoms with Gasteiger partial charge in [0, 0.05) is 18.5 Å². The smallest absolute Gasteiger partial charge is 0.328 e. The number of ether oxygens (including phenoxy) is 1. The van der Waals surface area contributed by atoms with Crippen LogP contribution in [-0.4, -0.2) is 45.9 Å². The summed E-state index contributed by atoms with van der Waals surface area (Å²) in [4.78, 5) is 26.7. The van der Waals surface area contributed by atoms with Crippen LogP contribution in [0, 0.1) is 0 Å². The lowest BCUT2D eigenvalue weighted by Gasteiger charge is -2.35. The maximum absolute atomic E-state index is 12.9. The van der Waals surface area contributed by atoms with Gasteiger partial charge in [0.05, 0.1) is 12.9 Å². The first-order chi connectivity index (χ1) is 14.2. The van der Waals surface area contributed by atoms with E-state index in [2.05, 4.69) is 10.2 Å². The molecule has 29 heavy (non-hydrogen) atoms. The van der Waals surface area contributed by atoms with Crippen LogP contribution in [0.2, 0.25) is 0 Å². The SMILES string of the molecule is COC(=O)[C@H]1Cc2ccccc2CN1C(=O)CSc1nnc(-c2ccccc2)o1. The maximum Gasteiger partial charge on any atom is 0.328 e. The summed E-state index contributed by atoms with van der Waals surface area (Å²) in [6, 6.07) is 16.6. The molecule has 0 radical (unpaired) electrons. The van der Waals surface area contributed by atoms with Crippen molar-refractivity contribution >= 4 is 23.6 Å². The van der Waals surface area contributed by atoms with Gasteiger partial charge in [-0.15, -0.1) is 10.2 Å². The molecule has 7 nitrogen and oxygen atoms in total. The summed E-state index contributed by atoms with van der Waals surface area (Å²) in [6.07, 6.45) is 0.442. The molecule has 0 fully saturated rings. The Morgan fingerprint density at radius 1 is 1.10 bits per heavy atom. The van der Waals surface area contributed by atoms with Crippen molar-refractivity contribution in [3.8, 4) is 11.5 Å². The van der Waals surface area contributed by atoms with Gasteiger partial charge in [0.25, 0.3) is 5.22 Å². The highest BCUT2D eigenvalue weighted by Gasteiger charge is 2.35. The van der Waals surface area contributed by atoms with Gasteiger partial charge in [-0.05, 0) is 23.3 Å². The van der Waals surface area contributed by atoms with Crippen LogP contribution >= 0.6 is 11.8 Å². The summed E-state index contributed by atoms with van der Waals surface area (Å²) in [5.41, 5.74) is 2.91. The number of fused-ring (bicyclic) bond motifs is 1. The Labute approximate surface area is 172 Å². The van der Waals surface area contributed by atoms with Crippen molar-refractivity contribution < 1.29 is 18.7 Å². The molecule has 4 rings (SSSR count). The van der Waals surface area contributed by atoms with Crippen molar-refractivity contribution in [2.75, 3.05) is 12.9 Å². The van der Waals surface area contributed by atoms with Gasteiger partial charge in [0.15, 0.2) is 0 Å². The number of nitrogens with zero attached hydrogens (tertiary/aromatic N) is 3. The van der Waals surface area contributed by atoms with E-state index in [9.17, 15) is 9.59 Å². The maximum atomic E-state index is 12.9. The number of rotatable bonds is 5. The Kier molecular flexibility index (Phi) is 5.62. The van der Waals surface area contributed by atoms with Gasteiger partial charge in [-0.1, -0.05) is 54.2 Å². The fourth-order valence-electron chi connectivity index (χ4n) is 3.30. The first-order valence-electron chi connectivity index (χ1n) is 9.11. The van der Waals surface area contributed by atoms with Crippen molar-refractivity contribution in [3.05, 3.63) is 65.7 Å². The van der Waals surface area contributed by atoms with Gasteiger partial charge in [0.2, 0.25) is 11.8 Å². The number of hydrogen-bond donors (Lipinski definition) is 0. The molecule has 3 aromatic rings. The van der Waals surface area contributed by atoms with Crippen LogP contribution < -0.4 is 0 Å². The Morgan fingerprint density at radius 2 is 1.83 bits per heavy atom. The van der Waals surface area contributed by atoms with Crippen LogP contribution in [0.15, 0.2) is 64.2 Å². The molecule has 0 aliphatic carbocycles. The molecule has 1 atom stereocenters. The van der Waals surface area contributed by atoms with E-state index in [1.54, 1.807) is 4.90 Å². The highest BCUT2D eigenvalue weighted by molar-refractivity contribution is 7.99. The van der Waals surface area contributed by atoms with Crippen molar-refractivity contribution in [1.82, 2.24) is 15.1 Å². The van der Waals surface area contributed by atoms with E-state index in [0.29, 0.717) is 24.1 Å². The van der Waals surface area contributed by atoms with E-state index in [4.69, 9.17) is 9.15 Å². The van der Waals surface area contributed by atoms with E-state index in [1.165, 1.54) is 7.11 Å². The lowest BCUT2D eigenvalue weighted by molar-refractivity contribution is -0.153. The molecule has 0 saturated carbocycles. The number of hydrogen-bond acceptors (Lipinski definition) is 7. The monoisotopic (exact) mass is 409 g/mol. The molecule has 1 aromatic heterocycles. The van der Waals surface area contributed by atoms with E-state index < -0.39 is 12.0 Å². The predicted molar refractivity (Wildman–Crippen MR) is 107 cm³/mol. The summed E-state index contributed by atoms with van der Waals surface area (Å²) in [7, 11) is 1.34. The molecule has 2 aromatic carbocycles. The molecule has 1 amide bonds. The highest BCUT2D eigenvalue weighted by Crippen LogP contribution is 2.27. The highest BCUT2D eigenvalue weighted by atomic mass is 32.2. The second-order valence-electron chi connectivity index (χ2n) is 6.56. The van der Waals surface area contributed by atoms with Crippen molar-refractivity contribution in [2.24, 2.45) is 0 Å². The van der Waals surface area contributed by atoms with E-state index in [-0.39, 0.29) is 11.7 Å². The molecular weight excluding hydrogens is 390 g/mol. The second-order valence-corrected chi connectivity index (χ2v) is 7.49. The summed E-state index contributed by atoms with van der Waals surface area (Å²) in [6.45, 7) is 0.369. The Bertz CT molecular complexity index is 1020.